The number of aromatic hydroxyl groups is 2. The molecule has 3 aromatic heterocycles. The first-order valence-corrected chi connectivity index (χ1v) is 11.6. The molecule has 0 saturated heterocycles. The fraction of sp³-hybridized carbons (Fsp3) is 0.115. The minimum absolute atomic E-state index is 0.0145. The number of benzene rings is 2. The number of hydrogen-bond acceptors (Lipinski definition) is 9. The molecular formula is C26H20N2O7S. The molecule has 0 spiro atoms. The fourth-order valence-corrected chi connectivity index (χ4v) is 4.93. The average molecular weight is 505 g/mol. The van der Waals surface area contributed by atoms with Crippen LogP contribution in [0, 0.1) is 6.92 Å². The third-order valence-electron chi connectivity index (χ3n) is 5.64. The minimum atomic E-state index is -0.643. The molecule has 0 bridgehead atoms. The van der Waals surface area contributed by atoms with E-state index in [1.165, 1.54) is 35.1 Å². The number of rotatable bonds is 6. The smallest absolute Gasteiger partial charge is 0.337 e. The first-order valence-electron chi connectivity index (χ1n) is 10.7. The molecule has 0 unspecified atom stereocenters. The number of ketones is 1. The summed E-state index contributed by atoms with van der Waals surface area (Å²) in [6.07, 6.45) is 0. The lowest BCUT2D eigenvalue weighted by molar-refractivity contribution is 0.0600. The van der Waals surface area contributed by atoms with Gasteiger partial charge in [0.2, 0.25) is 11.7 Å². The molecule has 0 fully saturated rings. The van der Waals surface area contributed by atoms with Crippen molar-refractivity contribution in [3.63, 3.8) is 0 Å². The van der Waals surface area contributed by atoms with Gasteiger partial charge in [0.25, 0.3) is 0 Å². The molecule has 5 aromatic rings. The van der Waals surface area contributed by atoms with E-state index in [0.29, 0.717) is 27.7 Å². The number of furan rings is 1. The number of aromatic nitrogens is 2. The van der Waals surface area contributed by atoms with E-state index in [1.807, 2.05) is 0 Å². The Balaban J connectivity index is 1.80. The zero-order valence-electron chi connectivity index (χ0n) is 19.4. The molecule has 10 heteroatoms. The number of esters is 1. The number of methoxy groups -OCH3 is 2. The van der Waals surface area contributed by atoms with Crippen LogP contribution in [0.15, 0.2) is 59.0 Å². The van der Waals surface area contributed by atoms with E-state index < -0.39 is 23.4 Å². The SMILES string of the molecule is COC(=O)c1cccc(-c2c(C(=O)c3ccc(C)o3)c(O)c(O)n2-c2nc3ccc(OC)cc3s2)c1. The van der Waals surface area contributed by atoms with Crippen LogP contribution in [0.1, 0.15) is 32.2 Å². The van der Waals surface area contributed by atoms with Crippen LogP contribution in [-0.4, -0.2) is 45.7 Å². The van der Waals surface area contributed by atoms with Crippen molar-refractivity contribution in [1.82, 2.24) is 9.55 Å². The van der Waals surface area contributed by atoms with E-state index in [1.54, 1.807) is 56.5 Å². The largest absolute Gasteiger partial charge is 0.503 e. The van der Waals surface area contributed by atoms with E-state index in [9.17, 15) is 19.8 Å². The Hall–Kier alpha value is -4.57. The first kappa shape index (κ1) is 23.2. The van der Waals surface area contributed by atoms with Crippen LogP contribution in [0.4, 0.5) is 0 Å². The van der Waals surface area contributed by atoms with Crippen molar-refractivity contribution in [1.29, 1.82) is 0 Å². The predicted octanol–water partition coefficient (Wildman–Crippen LogP) is 5.09. The quantitative estimate of drug-likeness (QED) is 0.242. The maximum absolute atomic E-state index is 13.5. The molecule has 2 N–H and O–H groups in total. The van der Waals surface area contributed by atoms with Gasteiger partial charge in [-0.25, -0.2) is 9.78 Å². The molecule has 0 saturated carbocycles. The fourth-order valence-electron chi connectivity index (χ4n) is 3.93. The van der Waals surface area contributed by atoms with Crippen LogP contribution < -0.4 is 4.74 Å². The van der Waals surface area contributed by atoms with Gasteiger partial charge in [-0.2, -0.15) is 0 Å². The van der Waals surface area contributed by atoms with E-state index >= 15 is 0 Å². The van der Waals surface area contributed by atoms with E-state index in [0.717, 1.165) is 4.70 Å². The van der Waals surface area contributed by atoms with Gasteiger partial charge in [0.15, 0.2) is 16.6 Å². The van der Waals surface area contributed by atoms with Gasteiger partial charge in [0, 0.05) is 5.56 Å². The Labute approximate surface area is 208 Å². The summed E-state index contributed by atoms with van der Waals surface area (Å²) in [5, 5.41) is 22.3. The number of carbonyl (C=O) groups is 2. The Morgan fingerprint density at radius 3 is 2.56 bits per heavy atom. The van der Waals surface area contributed by atoms with Gasteiger partial charge < -0.3 is 24.1 Å². The van der Waals surface area contributed by atoms with E-state index in [4.69, 9.17) is 13.9 Å². The first-order chi connectivity index (χ1) is 17.3. The lowest BCUT2D eigenvalue weighted by Crippen LogP contribution is -2.05. The number of aryl methyl sites for hydroxylation is 1. The van der Waals surface area contributed by atoms with Crippen molar-refractivity contribution in [2.75, 3.05) is 14.2 Å². The van der Waals surface area contributed by atoms with Gasteiger partial charge in [0.05, 0.1) is 41.3 Å². The van der Waals surface area contributed by atoms with Crippen LogP contribution in [0.3, 0.4) is 0 Å². The summed E-state index contributed by atoms with van der Waals surface area (Å²) in [5.41, 5.74) is 1.17. The molecule has 0 radical (unpaired) electrons. The summed E-state index contributed by atoms with van der Waals surface area (Å²) in [6, 6.07) is 14.8. The Kier molecular flexibility index (Phi) is 5.73. The van der Waals surface area contributed by atoms with Crippen LogP contribution in [-0.2, 0) is 4.74 Å². The Bertz CT molecular complexity index is 1640. The van der Waals surface area contributed by atoms with Crippen molar-refractivity contribution >= 4 is 33.3 Å². The standard InChI is InChI=1S/C26H20N2O7S/c1-13-7-10-18(35-13)22(29)20-21(14-5-4-6-15(11-14)25(32)34-3)28(24(31)23(20)30)26-27-17-9-8-16(33-2)12-19(17)36-26/h4-12,30-31H,1-3H3. The topological polar surface area (TPSA) is 124 Å². The maximum Gasteiger partial charge on any atom is 0.337 e. The van der Waals surface area contributed by atoms with Gasteiger partial charge in [-0.3, -0.25) is 9.36 Å². The van der Waals surface area contributed by atoms with Crippen molar-refractivity contribution < 1.29 is 33.7 Å². The maximum atomic E-state index is 13.5. The van der Waals surface area contributed by atoms with Crippen LogP contribution >= 0.6 is 11.3 Å². The second kappa shape index (κ2) is 8.90. The van der Waals surface area contributed by atoms with Crippen LogP contribution in [0.5, 0.6) is 17.4 Å². The van der Waals surface area contributed by atoms with Crippen molar-refractivity contribution in [2.45, 2.75) is 6.92 Å². The highest BCUT2D eigenvalue weighted by molar-refractivity contribution is 7.20. The summed E-state index contributed by atoms with van der Waals surface area (Å²) >= 11 is 1.23. The van der Waals surface area contributed by atoms with E-state index in [-0.39, 0.29) is 22.6 Å². The second-order valence-electron chi connectivity index (χ2n) is 7.87. The van der Waals surface area contributed by atoms with Crippen molar-refractivity contribution in [3.05, 3.63) is 77.2 Å². The number of carbonyl (C=O) groups excluding carboxylic acids is 2. The number of nitrogens with zero attached hydrogens (tertiary/aromatic N) is 2. The minimum Gasteiger partial charge on any atom is -0.503 e. The molecule has 0 aliphatic carbocycles. The monoisotopic (exact) mass is 504 g/mol. The third kappa shape index (κ3) is 3.77. The lowest BCUT2D eigenvalue weighted by Gasteiger charge is -2.10. The molecule has 3 heterocycles. The van der Waals surface area contributed by atoms with Gasteiger partial charge in [-0.15, -0.1) is 0 Å². The molecule has 2 aromatic carbocycles. The molecule has 0 amide bonds. The summed E-state index contributed by atoms with van der Waals surface area (Å²) in [4.78, 5) is 30.3. The van der Waals surface area contributed by atoms with Gasteiger partial charge in [0.1, 0.15) is 11.5 Å². The van der Waals surface area contributed by atoms with Gasteiger partial charge in [-0.1, -0.05) is 23.5 Å². The van der Waals surface area contributed by atoms with Crippen LogP contribution in [0.2, 0.25) is 0 Å². The Morgan fingerprint density at radius 1 is 1.06 bits per heavy atom. The highest BCUT2D eigenvalue weighted by Gasteiger charge is 2.32. The third-order valence-corrected chi connectivity index (χ3v) is 6.65. The van der Waals surface area contributed by atoms with Gasteiger partial charge in [-0.05, 0) is 49.4 Å². The summed E-state index contributed by atoms with van der Waals surface area (Å²) in [5.74, 6) is -1.31. The van der Waals surface area contributed by atoms with Crippen LogP contribution in [0.25, 0.3) is 26.6 Å². The molecule has 0 aliphatic rings. The highest BCUT2D eigenvalue weighted by Crippen LogP contribution is 2.45. The number of thiazole rings is 1. The van der Waals surface area contributed by atoms with Crippen molar-refractivity contribution in [3.8, 4) is 33.8 Å². The molecule has 9 nitrogen and oxygen atoms in total. The number of fused-ring (bicyclic) bond motifs is 1. The number of ether oxygens (including phenoxy) is 2. The normalized spacial score (nSPS) is 11.1. The number of hydrogen-bond donors (Lipinski definition) is 2. The average Bonchev–Trinajstić information content (AvgIpc) is 3.58. The Morgan fingerprint density at radius 2 is 1.86 bits per heavy atom. The molecule has 0 aliphatic heterocycles. The zero-order chi connectivity index (χ0) is 25.6. The summed E-state index contributed by atoms with van der Waals surface area (Å²) in [6.45, 7) is 1.69. The molecule has 36 heavy (non-hydrogen) atoms. The highest BCUT2D eigenvalue weighted by atomic mass is 32.1. The molecule has 182 valence electrons. The molecule has 5 rings (SSSR count). The second-order valence-corrected chi connectivity index (χ2v) is 8.88. The van der Waals surface area contributed by atoms with E-state index in [2.05, 4.69) is 4.98 Å². The predicted molar refractivity (Wildman–Crippen MR) is 132 cm³/mol. The lowest BCUT2D eigenvalue weighted by atomic mass is 10.0. The summed E-state index contributed by atoms with van der Waals surface area (Å²) in [7, 11) is 2.82. The zero-order valence-corrected chi connectivity index (χ0v) is 20.3. The molecule has 0 atom stereocenters. The van der Waals surface area contributed by atoms with Crippen molar-refractivity contribution in [2.24, 2.45) is 0 Å². The van der Waals surface area contributed by atoms with Gasteiger partial charge >= 0.3 is 5.97 Å². The summed E-state index contributed by atoms with van der Waals surface area (Å²) < 4.78 is 17.7. The molecular weight excluding hydrogens is 484 g/mol.